The first-order valence-electron chi connectivity index (χ1n) is 9.64. The van der Waals surface area contributed by atoms with Crippen LogP contribution in [-0.4, -0.2) is 25.8 Å². The van der Waals surface area contributed by atoms with Gasteiger partial charge in [0.2, 0.25) is 11.6 Å². The molecular formula is C22H21N5O2. The zero-order chi connectivity index (χ0) is 20.3. The minimum absolute atomic E-state index is 0.0376. The van der Waals surface area contributed by atoms with Gasteiger partial charge in [-0.05, 0) is 37.1 Å². The predicted molar refractivity (Wildman–Crippen MR) is 109 cm³/mol. The van der Waals surface area contributed by atoms with E-state index in [2.05, 4.69) is 32.1 Å². The molecule has 5 rings (SSSR count). The van der Waals surface area contributed by atoms with Crippen molar-refractivity contribution in [1.82, 2.24) is 19.9 Å². The second-order valence-electron chi connectivity index (χ2n) is 8.12. The monoisotopic (exact) mass is 387 g/mol. The lowest BCUT2D eigenvalue weighted by Gasteiger charge is -2.25. The van der Waals surface area contributed by atoms with Crippen LogP contribution in [0.25, 0.3) is 16.8 Å². The Morgan fingerprint density at radius 1 is 1.14 bits per heavy atom. The number of nitrogens with zero attached hydrogens (tertiary/aromatic N) is 5. The largest absolute Gasteiger partial charge is 0.439 e. The third kappa shape index (κ3) is 2.68. The molecule has 0 aromatic carbocycles. The fourth-order valence-electron chi connectivity index (χ4n) is 4.14. The minimum Gasteiger partial charge on any atom is -0.439 e. The number of anilines is 1. The summed E-state index contributed by atoms with van der Waals surface area (Å²) >= 11 is 0. The molecule has 7 heteroatoms. The molecule has 1 aliphatic carbocycles. The fourth-order valence-corrected chi connectivity index (χ4v) is 4.14. The van der Waals surface area contributed by atoms with Crippen molar-refractivity contribution >= 4 is 28.5 Å². The number of hydrogen-bond donors (Lipinski definition) is 0. The van der Waals surface area contributed by atoms with Gasteiger partial charge in [-0.3, -0.25) is 9.69 Å². The van der Waals surface area contributed by atoms with Crippen LogP contribution in [0.5, 0.6) is 0 Å². The summed E-state index contributed by atoms with van der Waals surface area (Å²) in [6.45, 7) is 7.65. The lowest BCUT2D eigenvalue weighted by molar-refractivity contribution is -0.125. The molecule has 0 N–H and O–H groups in total. The lowest BCUT2D eigenvalue weighted by atomic mass is 9.75. The minimum atomic E-state index is -0.520. The van der Waals surface area contributed by atoms with E-state index in [1.165, 1.54) is 0 Å². The van der Waals surface area contributed by atoms with Gasteiger partial charge in [0, 0.05) is 36.5 Å². The molecule has 146 valence electrons. The number of fused-ring (bicyclic) bond motifs is 2. The van der Waals surface area contributed by atoms with E-state index in [0.29, 0.717) is 22.9 Å². The predicted octanol–water partition coefficient (Wildman–Crippen LogP) is 3.99. The molecule has 1 atom stereocenters. The fraction of sp³-hybridized carbons (Fsp3) is 0.318. The number of allylic oxidation sites excluding steroid dienone is 4. The molecule has 4 heterocycles. The van der Waals surface area contributed by atoms with Crippen molar-refractivity contribution < 1.29 is 9.21 Å². The van der Waals surface area contributed by atoms with Gasteiger partial charge in [-0.2, -0.15) is 4.98 Å². The van der Waals surface area contributed by atoms with Gasteiger partial charge < -0.3 is 4.42 Å². The van der Waals surface area contributed by atoms with E-state index in [1.807, 2.05) is 45.3 Å². The van der Waals surface area contributed by atoms with Crippen LogP contribution in [0, 0.1) is 25.2 Å². The molecule has 0 saturated carbocycles. The van der Waals surface area contributed by atoms with Crippen molar-refractivity contribution in [3.63, 3.8) is 0 Å². The topological polar surface area (TPSA) is 85.0 Å². The Labute approximate surface area is 168 Å². The number of carbonyl (C=O) groups is 1. The van der Waals surface area contributed by atoms with Crippen LogP contribution in [0.1, 0.15) is 37.5 Å². The second-order valence-corrected chi connectivity index (χ2v) is 8.12. The molecule has 0 bridgehead atoms. The summed E-state index contributed by atoms with van der Waals surface area (Å²) in [4.78, 5) is 32.6. The molecule has 3 aromatic rings. The summed E-state index contributed by atoms with van der Waals surface area (Å²) in [5, 5.41) is 0. The Kier molecular flexibility index (Phi) is 3.71. The van der Waals surface area contributed by atoms with Crippen molar-refractivity contribution in [2.24, 2.45) is 11.3 Å². The van der Waals surface area contributed by atoms with Crippen LogP contribution in [0.2, 0.25) is 0 Å². The molecule has 1 unspecified atom stereocenters. The van der Waals surface area contributed by atoms with Crippen molar-refractivity contribution in [2.75, 3.05) is 4.90 Å². The number of aromatic nitrogens is 4. The Hall–Kier alpha value is -3.35. The van der Waals surface area contributed by atoms with Gasteiger partial charge in [-0.25, -0.2) is 15.0 Å². The van der Waals surface area contributed by atoms with E-state index in [1.54, 1.807) is 11.8 Å². The zero-order valence-corrected chi connectivity index (χ0v) is 16.8. The first-order chi connectivity index (χ1) is 13.8. The summed E-state index contributed by atoms with van der Waals surface area (Å²) in [5.74, 6) is 1.98. The van der Waals surface area contributed by atoms with E-state index in [-0.39, 0.29) is 11.8 Å². The summed E-state index contributed by atoms with van der Waals surface area (Å²) < 4.78 is 5.53. The molecule has 7 nitrogen and oxygen atoms in total. The lowest BCUT2D eigenvalue weighted by Crippen LogP contribution is -2.31. The highest BCUT2D eigenvalue weighted by atomic mass is 16.3. The molecule has 1 aliphatic heterocycles. The molecular weight excluding hydrogens is 366 g/mol. The van der Waals surface area contributed by atoms with Gasteiger partial charge in [0.25, 0.3) is 0 Å². The summed E-state index contributed by atoms with van der Waals surface area (Å²) in [6, 6.07) is 3.64. The SMILES string of the molecule is Cc1ncc(C2=CCC3C(=C2)N(c2ccc4oc(C)nc4n2)C(=O)C3(C)C)cn1. The quantitative estimate of drug-likeness (QED) is 0.661. The average Bonchev–Trinajstić information content (AvgIpc) is 3.16. The first kappa shape index (κ1) is 17.7. The summed E-state index contributed by atoms with van der Waals surface area (Å²) in [7, 11) is 0. The number of oxazole rings is 1. The summed E-state index contributed by atoms with van der Waals surface area (Å²) in [5.41, 5.74) is 3.51. The Morgan fingerprint density at radius 3 is 2.66 bits per heavy atom. The molecule has 0 radical (unpaired) electrons. The molecule has 1 amide bonds. The highest BCUT2D eigenvalue weighted by Crippen LogP contribution is 2.50. The van der Waals surface area contributed by atoms with Crippen molar-refractivity contribution in [3.05, 3.63) is 59.7 Å². The number of aryl methyl sites for hydroxylation is 2. The molecule has 0 spiro atoms. The highest BCUT2D eigenvalue weighted by molar-refractivity contribution is 6.04. The number of amides is 1. The first-order valence-corrected chi connectivity index (χ1v) is 9.64. The van der Waals surface area contributed by atoms with Crippen molar-refractivity contribution in [2.45, 2.75) is 34.1 Å². The smallest absolute Gasteiger partial charge is 0.238 e. The average molecular weight is 387 g/mol. The maximum atomic E-state index is 13.4. The van der Waals surface area contributed by atoms with Crippen LogP contribution < -0.4 is 4.90 Å². The van der Waals surface area contributed by atoms with Gasteiger partial charge in [-0.15, -0.1) is 0 Å². The number of pyridine rings is 1. The van der Waals surface area contributed by atoms with E-state index in [4.69, 9.17) is 4.42 Å². The van der Waals surface area contributed by atoms with E-state index >= 15 is 0 Å². The molecule has 2 aliphatic rings. The number of carbonyl (C=O) groups excluding carboxylic acids is 1. The van der Waals surface area contributed by atoms with Crippen LogP contribution in [-0.2, 0) is 4.79 Å². The standard InChI is InChI=1S/C22H21N5O2/c1-12-23-10-15(11-24-12)14-5-6-16-17(9-14)27(21(28)22(16,3)4)19-8-7-18-20(26-19)25-13(2)29-18/h5,7-11,16H,6H2,1-4H3. The maximum Gasteiger partial charge on any atom is 0.238 e. The van der Waals surface area contributed by atoms with Gasteiger partial charge in [-0.1, -0.05) is 19.9 Å². The van der Waals surface area contributed by atoms with Crippen molar-refractivity contribution in [3.8, 4) is 0 Å². The van der Waals surface area contributed by atoms with Crippen LogP contribution in [0.4, 0.5) is 5.82 Å². The van der Waals surface area contributed by atoms with Crippen LogP contribution in [0.15, 0.2) is 46.8 Å². The van der Waals surface area contributed by atoms with Gasteiger partial charge in [0.05, 0.1) is 5.41 Å². The third-order valence-electron chi connectivity index (χ3n) is 5.81. The summed E-state index contributed by atoms with van der Waals surface area (Å²) in [6.07, 6.45) is 8.64. The van der Waals surface area contributed by atoms with E-state index < -0.39 is 5.41 Å². The second kappa shape index (κ2) is 6.07. The van der Waals surface area contributed by atoms with Gasteiger partial charge in [0.15, 0.2) is 11.5 Å². The molecule has 1 saturated heterocycles. The highest BCUT2D eigenvalue weighted by Gasteiger charge is 2.51. The van der Waals surface area contributed by atoms with Crippen molar-refractivity contribution in [1.29, 1.82) is 0 Å². The van der Waals surface area contributed by atoms with Crippen LogP contribution >= 0.6 is 0 Å². The normalized spacial score (nSPS) is 20.6. The number of rotatable bonds is 2. The van der Waals surface area contributed by atoms with Gasteiger partial charge in [0.1, 0.15) is 11.6 Å². The Bertz CT molecular complexity index is 1200. The maximum absolute atomic E-state index is 13.4. The Morgan fingerprint density at radius 2 is 1.90 bits per heavy atom. The van der Waals surface area contributed by atoms with Crippen LogP contribution in [0.3, 0.4) is 0 Å². The number of hydrogen-bond acceptors (Lipinski definition) is 6. The zero-order valence-electron chi connectivity index (χ0n) is 16.8. The Balaban J connectivity index is 1.62. The van der Waals surface area contributed by atoms with E-state index in [0.717, 1.165) is 29.1 Å². The molecule has 3 aromatic heterocycles. The van der Waals surface area contributed by atoms with Gasteiger partial charge >= 0.3 is 0 Å². The van der Waals surface area contributed by atoms with E-state index in [9.17, 15) is 4.79 Å². The molecule has 29 heavy (non-hydrogen) atoms. The molecule has 1 fully saturated rings. The third-order valence-corrected chi connectivity index (χ3v) is 5.81.